The Morgan fingerprint density at radius 1 is 0.976 bits per heavy atom. The Balaban J connectivity index is 2.08. The lowest BCUT2D eigenvalue weighted by molar-refractivity contribution is -0.140. The van der Waals surface area contributed by atoms with Gasteiger partial charge in [0, 0.05) is 29.6 Å². The van der Waals surface area contributed by atoms with Crippen LogP contribution in [0.4, 0.5) is 5.69 Å². The van der Waals surface area contributed by atoms with Gasteiger partial charge in [0.15, 0.2) is 0 Å². The number of nitrogens with zero attached hydrogens (tertiary/aromatic N) is 2. The summed E-state index contributed by atoms with van der Waals surface area (Å²) in [6, 6.07) is 17.6. The van der Waals surface area contributed by atoms with Crippen molar-refractivity contribution in [2.45, 2.75) is 32.4 Å². The maximum atomic E-state index is 14.1. The van der Waals surface area contributed by atoms with Gasteiger partial charge in [0.05, 0.1) is 24.1 Å². The van der Waals surface area contributed by atoms with Crippen molar-refractivity contribution in [2.24, 2.45) is 0 Å². The first kappa shape index (κ1) is 32.5. The van der Waals surface area contributed by atoms with Crippen LogP contribution in [0.2, 0.25) is 15.1 Å². The molecule has 1 N–H and O–H groups in total. The SMILES string of the molecule is CCCNC(=O)[C@H](Cc1ccccc1)N(Cc1ccc(Cl)cc1Cl)C(=O)CN(c1ccc(OC)c(Cl)c1)S(C)(=O)=O. The van der Waals surface area contributed by atoms with E-state index < -0.39 is 28.5 Å². The fourth-order valence-corrected chi connectivity index (χ4v) is 5.74. The van der Waals surface area contributed by atoms with Gasteiger partial charge in [-0.15, -0.1) is 0 Å². The van der Waals surface area contributed by atoms with Gasteiger partial charge in [-0.3, -0.25) is 13.9 Å². The smallest absolute Gasteiger partial charge is 0.244 e. The minimum Gasteiger partial charge on any atom is -0.495 e. The fourth-order valence-electron chi connectivity index (χ4n) is 4.18. The Hall–Kier alpha value is -2.98. The van der Waals surface area contributed by atoms with Gasteiger partial charge >= 0.3 is 0 Å². The number of anilines is 1. The molecule has 0 aliphatic carbocycles. The molecular formula is C29H32Cl3N3O5S. The molecule has 0 aliphatic heterocycles. The first-order chi connectivity index (χ1) is 19.4. The zero-order valence-corrected chi connectivity index (χ0v) is 26.0. The molecule has 0 saturated heterocycles. The molecule has 0 bridgehead atoms. The van der Waals surface area contributed by atoms with Crippen molar-refractivity contribution >= 4 is 62.3 Å². The molecule has 2 amide bonds. The van der Waals surface area contributed by atoms with E-state index in [1.807, 2.05) is 37.3 Å². The van der Waals surface area contributed by atoms with Crippen molar-refractivity contribution < 1.29 is 22.7 Å². The van der Waals surface area contributed by atoms with Crippen LogP contribution in [0.15, 0.2) is 66.7 Å². The number of hydrogen-bond acceptors (Lipinski definition) is 5. The molecule has 0 unspecified atom stereocenters. The van der Waals surface area contributed by atoms with E-state index in [9.17, 15) is 18.0 Å². The van der Waals surface area contributed by atoms with Gasteiger partial charge in [-0.25, -0.2) is 8.42 Å². The van der Waals surface area contributed by atoms with Gasteiger partial charge in [-0.1, -0.05) is 78.1 Å². The van der Waals surface area contributed by atoms with Gasteiger partial charge in [0.1, 0.15) is 18.3 Å². The zero-order chi connectivity index (χ0) is 30.2. The summed E-state index contributed by atoms with van der Waals surface area (Å²) in [5.74, 6) is -0.627. The standard InChI is InChI=1S/C29H32Cl3N3O5S/c1-4-14-33-29(37)26(15-20-8-6-5-7-9-20)34(18-21-10-11-22(30)16-24(21)31)28(36)19-35(41(3,38)39)23-12-13-27(40-2)25(32)17-23/h5-13,16-17,26H,4,14-15,18-19H2,1-3H3,(H,33,37)/t26-/m0/s1. The summed E-state index contributed by atoms with van der Waals surface area (Å²) < 4.78 is 31.9. The average molecular weight is 641 g/mol. The lowest BCUT2D eigenvalue weighted by Gasteiger charge is -2.33. The molecule has 8 nitrogen and oxygen atoms in total. The second kappa shape index (κ2) is 14.8. The number of methoxy groups -OCH3 is 1. The van der Waals surface area contributed by atoms with Crippen LogP contribution in [0.25, 0.3) is 0 Å². The van der Waals surface area contributed by atoms with Crippen molar-refractivity contribution in [3.63, 3.8) is 0 Å². The topological polar surface area (TPSA) is 96.0 Å². The second-order valence-electron chi connectivity index (χ2n) is 9.34. The Labute approximate surface area is 256 Å². The number of nitrogens with one attached hydrogen (secondary N) is 1. The Kier molecular flexibility index (Phi) is 11.7. The number of sulfonamides is 1. The van der Waals surface area contributed by atoms with Gasteiger partial charge < -0.3 is 15.0 Å². The van der Waals surface area contributed by atoms with E-state index >= 15 is 0 Å². The van der Waals surface area contributed by atoms with Crippen LogP contribution >= 0.6 is 34.8 Å². The van der Waals surface area contributed by atoms with Gasteiger partial charge in [-0.05, 0) is 47.9 Å². The minimum atomic E-state index is -3.95. The quantitative estimate of drug-likeness (QED) is 0.263. The minimum absolute atomic E-state index is 0.0626. The monoisotopic (exact) mass is 639 g/mol. The van der Waals surface area contributed by atoms with Crippen LogP contribution in [0, 0.1) is 0 Å². The van der Waals surface area contributed by atoms with E-state index in [0.29, 0.717) is 34.3 Å². The van der Waals surface area contributed by atoms with E-state index in [2.05, 4.69) is 5.32 Å². The third kappa shape index (κ3) is 9.00. The number of hydrogen-bond donors (Lipinski definition) is 1. The van der Waals surface area contributed by atoms with Crippen molar-refractivity contribution in [3.05, 3.63) is 92.9 Å². The second-order valence-corrected chi connectivity index (χ2v) is 12.5. The zero-order valence-electron chi connectivity index (χ0n) is 22.9. The van der Waals surface area contributed by atoms with E-state index in [-0.39, 0.29) is 29.6 Å². The van der Waals surface area contributed by atoms with Crippen molar-refractivity contribution in [1.82, 2.24) is 10.2 Å². The van der Waals surface area contributed by atoms with E-state index in [0.717, 1.165) is 16.1 Å². The summed E-state index contributed by atoms with van der Waals surface area (Å²) in [4.78, 5) is 29.0. The molecule has 0 radical (unpaired) electrons. The molecule has 0 aliphatic rings. The number of rotatable bonds is 13. The summed E-state index contributed by atoms with van der Waals surface area (Å²) in [6.07, 6.45) is 1.88. The number of carbonyl (C=O) groups is 2. The average Bonchev–Trinajstić information content (AvgIpc) is 2.93. The number of amides is 2. The largest absolute Gasteiger partial charge is 0.495 e. The lowest BCUT2D eigenvalue weighted by Crippen LogP contribution is -2.53. The van der Waals surface area contributed by atoms with Crippen LogP contribution in [0.1, 0.15) is 24.5 Å². The Bertz CT molecular complexity index is 1470. The fraction of sp³-hybridized carbons (Fsp3) is 0.310. The summed E-state index contributed by atoms with van der Waals surface area (Å²) in [5.41, 5.74) is 1.54. The molecular weight excluding hydrogens is 609 g/mol. The van der Waals surface area contributed by atoms with Crippen LogP contribution in [-0.2, 0) is 32.6 Å². The Morgan fingerprint density at radius 3 is 2.27 bits per heavy atom. The number of halogens is 3. The maximum absolute atomic E-state index is 14.1. The molecule has 3 aromatic carbocycles. The highest BCUT2D eigenvalue weighted by Crippen LogP contribution is 2.31. The van der Waals surface area contributed by atoms with E-state index in [4.69, 9.17) is 39.5 Å². The molecule has 220 valence electrons. The maximum Gasteiger partial charge on any atom is 0.244 e. The van der Waals surface area contributed by atoms with Crippen LogP contribution < -0.4 is 14.4 Å². The molecule has 41 heavy (non-hydrogen) atoms. The van der Waals surface area contributed by atoms with Crippen LogP contribution in [0.5, 0.6) is 5.75 Å². The first-order valence-electron chi connectivity index (χ1n) is 12.8. The van der Waals surface area contributed by atoms with Crippen molar-refractivity contribution in [1.29, 1.82) is 0 Å². The van der Waals surface area contributed by atoms with Crippen LogP contribution in [0.3, 0.4) is 0 Å². The first-order valence-corrected chi connectivity index (χ1v) is 15.8. The van der Waals surface area contributed by atoms with Gasteiger partial charge in [0.2, 0.25) is 21.8 Å². The number of benzene rings is 3. The summed E-state index contributed by atoms with van der Waals surface area (Å²) in [7, 11) is -2.51. The normalized spacial score (nSPS) is 12.0. The summed E-state index contributed by atoms with van der Waals surface area (Å²) in [6.45, 7) is 1.69. The number of ether oxygens (including phenoxy) is 1. The molecule has 0 heterocycles. The van der Waals surface area contributed by atoms with Crippen molar-refractivity contribution in [3.8, 4) is 5.75 Å². The van der Waals surface area contributed by atoms with E-state index in [1.54, 1.807) is 18.2 Å². The molecule has 1 atom stereocenters. The highest BCUT2D eigenvalue weighted by Gasteiger charge is 2.33. The molecule has 0 aromatic heterocycles. The lowest BCUT2D eigenvalue weighted by atomic mass is 10.0. The number of carbonyl (C=O) groups excluding carboxylic acids is 2. The molecule has 12 heteroatoms. The molecule has 3 rings (SSSR count). The van der Waals surface area contributed by atoms with E-state index in [1.165, 1.54) is 30.2 Å². The molecule has 3 aromatic rings. The highest BCUT2D eigenvalue weighted by molar-refractivity contribution is 7.92. The Morgan fingerprint density at radius 2 is 1.68 bits per heavy atom. The predicted octanol–water partition coefficient (Wildman–Crippen LogP) is 5.59. The van der Waals surface area contributed by atoms with Gasteiger partial charge in [0.25, 0.3) is 0 Å². The van der Waals surface area contributed by atoms with Gasteiger partial charge in [-0.2, -0.15) is 0 Å². The van der Waals surface area contributed by atoms with Crippen molar-refractivity contribution in [2.75, 3.05) is 30.8 Å². The van der Waals surface area contributed by atoms with Crippen LogP contribution in [-0.4, -0.2) is 57.6 Å². The third-order valence-electron chi connectivity index (χ3n) is 6.28. The summed E-state index contributed by atoms with van der Waals surface area (Å²) >= 11 is 18.8. The summed E-state index contributed by atoms with van der Waals surface area (Å²) in [5, 5.41) is 3.78. The highest BCUT2D eigenvalue weighted by atomic mass is 35.5. The predicted molar refractivity (Wildman–Crippen MR) is 164 cm³/mol. The molecule has 0 fully saturated rings. The third-order valence-corrected chi connectivity index (χ3v) is 8.30. The molecule has 0 spiro atoms. The molecule has 0 saturated carbocycles.